The minimum absolute atomic E-state index is 0.0787. The van der Waals surface area contributed by atoms with Gasteiger partial charge in [-0.25, -0.2) is 0 Å². The molecule has 0 bridgehead atoms. The zero-order valence-electron chi connectivity index (χ0n) is 16.3. The first kappa shape index (κ1) is 18.5. The van der Waals surface area contributed by atoms with Crippen molar-refractivity contribution in [2.24, 2.45) is 11.8 Å². The van der Waals surface area contributed by atoms with Gasteiger partial charge in [0.2, 0.25) is 11.8 Å². The second-order valence-corrected chi connectivity index (χ2v) is 7.51. The number of hydrogen-bond donors (Lipinski definition) is 0. The van der Waals surface area contributed by atoms with Gasteiger partial charge in [0.05, 0.1) is 11.8 Å². The van der Waals surface area contributed by atoms with E-state index in [1.54, 1.807) is 4.90 Å². The van der Waals surface area contributed by atoms with Crippen LogP contribution in [0.4, 0.5) is 11.4 Å². The molecule has 2 atom stereocenters. The lowest BCUT2D eigenvalue weighted by molar-refractivity contribution is -0.134. The lowest BCUT2D eigenvalue weighted by Crippen LogP contribution is -2.49. The third kappa shape index (κ3) is 3.75. The topological polar surface area (TPSA) is 43.9 Å². The maximum absolute atomic E-state index is 12.9. The highest BCUT2D eigenvalue weighted by Crippen LogP contribution is 2.42. The highest BCUT2D eigenvalue weighted by molar-refractivity contribution is 6.01. The molecule has 1 aliphatic heterocycles. The van der Waals surface area contributed by atoms with Crippen LogP contribution in [0.15, 0.2) is 60.7 Å². The van der Waals surface area contributed by atoms with Crippen LogP contribution in [0, 0.1) is 11.8 Å². The first-order valence-electron chi connectivity index (χ1n) is 10.1. The van der Waals surface area contributed by atoms with E-state index in [-0.39, 0.29) is 23.7 Å². The monoisotopic (exact) mass is 377 g/mol. The number of anilines is 2. The quantitative estimate of drug-likeness (QED) is 0.805. The van der Waals surface area contributed by atoms with Gasteiger partial charge in [-0.05, 0) is 37.6 Å². The van der Waals surface area contributed by atoms with Crippen molar-refractivity contribution in [1.82, 2.24) is 4.90 Å². The van der Waals surface area contributed by atoms with Gasteiger partial charge in [0, 0.05) is 44.1 Å². The maximum Gasteiger partial charge on any atom is 0.230 e. The fourth-order valence-corrected chi connectivity index (χ4v) is 4.07. The third-order valence-corrected chi connectivity index (χ3v) is 5.79. The Hall–Kier alpha value is -2.82. The molecule has 1 aliphatic carbocycles. The molecule has 2 aliphatic rings. The average Bonchev–Trinajstić information content (AvgIpc) is 3.56. The van der Waals surface area contributed by atoms with E-state index < -0.39 is 0 Å². The second kappa shape index (κ2) is 8.05. The number of nitrogens with zero attached hydrogens (tertiary/aromatic N) is 3. The number of carbonyl (C=O) groups is 2. The van der Waals surface area contributed by atoms with Crippen LogP contribution in [0.5, 0.6) is 0 Å². The van der Waals surface area contributed by atoms with Crippen molar-refractivity contribution in [3.63, 3.8) is 0 Å². The van der Waals surface area contributed by atoms with Crippen LogP contribution in [-0.2, 0) is 9.59 Å². The maximum atomic E-state index is 12.9. The summed E-state index contributed by atoms with van der Waals surface area (Å²) in [5, 5.41) is 0. The Labute approximate surface area is 166 Å². The van der Waals surface area contributed by atoms with E-state index >= 15 is 0 Å². The molecule has 0 spiro atoms. The van der Waals surface area contributed by atoms with Gasteiger partial charge in [0.15, 0.2) is 0 Å². The van der Waals surface area contributed by atoms with Gasteiger partial charge in [-0.3, -0.25) is 9.59 Å². The number of benzene rings is 2. The van der Waals surface area contributed by atoms with Crippen molar-refractivity contribution in [1.29, 1.82) is 0 Å². The summed E-state index contributed by atoms with van der Waals surface area (Å²) in [6.45, 7) is 5.73. The molecular weight excluding hydrogens is 350 g/mol. The summed E-state index contributed by atoms with van der Waals surface area (Å²) < 4.78 is 0. The summed E-state index contributed by atoms with van der Waals surface area (Å²) >= 11 is 0. The third-order valence-electron chi connectivity index (χ3n) is 5.79. The van der Waals surface area contributed by atoms with Crippen molar-refractivity contribution in [3.05, 3.63) is 60.7 Å². The van der Waals surface area contributed by atoms with Gasteiger partial charge in [0.1, 0.15) is 0 Å². The Balaban J connectivity index is 1.33. The largest absolute Gasteiger partial charge is 0.368 e. The minimum Gasteiger partial charge on any atom is -0.368 e. The van der Waals surface area contributed by atoms with Crippen LogP contribution in [0.3, 0.4) is 0 Å². The van der Waals surface area contributed by atoms with Crippen LogP contribution in [0.2, 0.25) is 0 Å². The number of para-hydroxylation sites is 2. The zero-order chi connectivity index (χ0) is 19.5. The minimum atomic E-state index is -0.167. The molecular formula is C23H27N3O2. The Kier molecular flexibility index (Phi) is 5.33. The van der Waals surface area contributed by atoms with E-state index in [2.05, 4.69) is 17.0 Å². The molecule has 2 aromatic carbocycles. The summed E-state index contributed by atoms with van der Waals surface area (Å²) in [5.41, 5.74) is 2.11. The van der Waals surface area contributed by atoms with E-state index in [9.17, 15) is 9.59 Å². The first-order chi connectivity index (χ1) is 13.7. The van der Waals surface area contributed by atoms with E-state index in [0.717, 1.165) is 31.9 Å². The summed E-state index contributed by atoms with van der Waals surface area (Å²) in [6, 6.07) is 20.0. The van der Waals surface area contributed by atoms with Crippen LogP contribution >= 0.6 is 0 Å². The highest BCUT2D eigenvalue weighted by atomic mass is 16.2. The zero-order valence-corrected chi connectivity index (χ0v) is 16.3. The Morgan fingerprint density at radius 3 is 2.11 bits per heavy atom. The molecule has 1 saturated heterocycles. The average molecular weight is 377 g/mol. The molecule has 2 amide bonds. The van der Waals surface area contributed by atoms with Crippen LogP contribution in [-0.4, -0.2) is 49.4 Å². The predicted octanol–water partition coefficient (Wildman–Crippen LogP) is 3.02. The van der Waals surface area contributed by atoms with E-state index in [4.69, 9.17) is 0 Å². The van der Waals surface area contributed by atoms with Gasteiger partial charge in [0.25, 0.3) is 0 Å². The lowest BCUT2D eigenvalue weighted by Gasteiger charge is -2.36. The molecule has 0 aromatic heterocycles. The number of amides is 2. The highest BCUT2D eigenvalue weighted by Gasteiger charge is 2.51. The Morgan fingerprint density at radius 2 is 1.50 bits per heavy atom. The fourth-order valence-electron chi connectivity index (χ4n) is 4.07. The van der Waals surface area contributed by atoms with Crippen molar-refractivity contribution in [2.45, 2.75) is 13.3 Å². The molecule has 2 fully saturated rings. The number of piperazine rings is 1. The van der Waals surface area contributed by atoms with E-state index in [1.165, 1.54) is 5.69 Å². The summed E-state index contributed by atoms with van der Waals surface area (Å²) in [7, 11) is 0. The molecule has 4 rings (SSSR count). The van der Waals surface area contributed by atoms with Crippen molar-refractivity contribution < 1.29 is 9.59 Å². The van der Waals surface area contributed by atoms with Crippen LogP contribution in [0.25, 0.3) is 0 Å². The SMILES string of the molecule is CCN(C(=O)C1CC1C(=O)N1CCN(c2ccccc2)CC1)c1ccccc1. The van der Waals surface area contributed by atoms with Crippen molar-refractivity contribution >= 4 is 23.2 Å². The molecule has 0 radical (unpaired) electrons. The number of hydrogen-bond acceptors (Lipinski definition) is 3. The number of rotatable bonds is 5. The van der Waals surface area contributed by atoms with Crippen LogP contribution in [0.1, 0.15) is 13.3 Å². The summed E-state index contributed by atoms with van der Waals surface area (Å²) in [5.74, 6) is -0.0847. The number of carbonyl (C=O) groups excluding carboxylic acids is 2. The van der Waals surface area contributed by atoms with Gasteiger partial charge in [-0.2, -0.15) is 0 Å². The molecule has 1 saturated carbocycles. The Morgan fingerprint density at radius 1 is 0.893 bits per heavy atom. The molecule has 146 valence electrons. The fraction of sp³-hybridized carbons (Fsp3) is 0.391. The smallest absolute Gasteiger partial charge is 0.230 e. The molecule has 28 heavy (non-hydrogen) atoms. The van der Waals surface area contributed by atoms with Gasteiger partial charge >= 0.3 is 0 Å². The normalized spacial score (nSPS) is 21.3. The van der Waals surface area contributed by atoms with Gasteiger partial charge in [-0.1, -0.05) is 36.4 Å². The molecule has 2 aromatic rings. The first-order valence-corrected chi connectivity index (χ1v) is 10.1. The molecule has 5 nitrogen and oxygen atoms in total. The Bertz CT molecular complexity index is 816. The van der Waals surface area contributed by atoms with Crippen LogP contribution < -0.4 is 9.80 Å². The molecule has 1 heterocycles. The van der Waals surface area contributed by atoms with Crippen molar-refractivity contribution in [2.75, 3.05) is 42.5 Å². The van der Waals surface area contributed by atoms with E-state index in [1.807, 2.05) is 60.4 Å². The van der Waals surface area contributed by atoms with E-state index in [0.29, 0.717) is 13.0 Å². The summed E-state index contributed by atoms with van der Waals surface area (Å²) in [4.78, 5) is 31.9. The molecule has 0 N–H and O–H groups in total. The van der Waals surface area contributed by atoms with Gasteiger partial charge in [-0.15, -0.1) is 0 Å². The lowest BCUT2D eigenvalue weighted by atomic mass is 10.2. The van der Waals surface area contributed by atoms with Crippen molar-refractivity contribution in [3.8, 4) is 0 Å². The molecule has 2 unspecified atom stereocenters. The summed E-state index contributed by atoms with van der Waals surface area (Å²) in [6.07, 6.45) is 0.680. The second-order valence-electron chi connectivity index (χ2n) is 7.51. The molecule has 5 heteroatoms. The standard InChI is InChI=1S/C23H27N3O2/c1-2-26(19-11-7-4-8-12-19)23(28)21-17-20(21)22(27)25-15-13-24(14-16-25)18-9-5-3-6-10-18/h3-12,20-21H,2,13-17H2,1H3. The predicted molar refractivity (Wildman–Crippen MR) is 111 cm³/mol. The van der Waals surface area contributed by atoms with Gasteiger partial charge < -0.3 is 14.7 Å².